The molecule has 4 rings (SSSR count). The zero-order valence-electron chi connectivity index (χ0n) is 16.2. The van der Waals surface area contributed by atoms with Gasteiger partial charge in [0, 0.05) is 25.1 Å². The first-order valence-corrected chi connectivity index (χ1v) is 11.9. The first-order valence-electron chi connectivity index (χ1n) is 10.5. The number of aliphatic imine (C=N–C) groups is 1. The van der Waals surface area contributed by atoms with Crippen LogP contribution < -0.4 is 10.0 Å². The minimum absolute atomic E-state index is 0.0202. The summed E-state index contributed by atoms with van der Waals surface area (Å²) in [6, 6.07) is 6.47. The number of rotatable bonds is 5. The van der Waals surface area contributed by atoms with Crippen LogP contribution in [-0.2, 0) is 14.8 Å². The molecule has 1 amide bonds. The Morgan fingerprint density at radius 1 is 1.14 bits per heavy atom. The zero-order chi connectivity index (χ0) is 19.6. The molecule has 1 aliphatic heterocycles. The Bertz CT molecular complexity index is 865. The van der Waals surface area contributed by atoms with Gasteiger partial charge in [-0.3, -0.25) is 14.5 Å². The van der Waals surface area contributed by atoms with Gasteiger partial charge in [-0.05, 0) is 68.1 Å². The summed E-state index contributed by atoms with van der Waals surface area (Å²) in [5.74, 6) is 2.51. The van der Waals surface area contributed by atoms with Gasteiger partial charge < -0.3 is 5.32 Å². The summed E-state index contributed by atoms with van der Waals surface area (Å²) in [4.78, 5) is 17.0. The number of hydrogen-bond donors (Lipinski definition) is 2. The first kappa shape index (κ1) is 19.4. The summed E-state index contributed by atoms with van der Waals surface area (Å²) in [5.41, 5.74) is 0.527. The third-order valence-electron chi connectivity index (χ3n) is 6.39. The molecule has 152 valence electrons. The van der Waals surface area contributed by atoms with Gasteiger partial charge in [0.1, 0.15) is 5.84 Å². The number of nitrogens with zero attached hydrogens (tertiary/aromatic N) is 1. The van der Waals surface area contributed by atoms with Crippen LogP contribution in [0, 0.1) is 17.8 Å². The topological polar surface area (TPSA) is 87.6 Å². The Labute approximate surface area is 167 Å². The van der Waals surface area contributed by atoms with Crippen molar-refractivity contribution < 1.29 is 13.2 Å². The largest absolute Gasteiger partial charge is 0.326 e. The van der Waals surface area contributed by atoms with Crippen LogP contribution in [0.3, 0.4) is 0 Å². The molecule has 6 nitrogen and oxygen atoms in total. The second-order valence-corrected chi connectivity index (χ2v) is 10.1. The normalized spacial score (nSPS) is 27.1. The summed E-state index contributed by atoms with van der Waals surface area (Å²) >= 11 is 0. The van der Waals surface area contributed by atoms with Crippen molar-refractivity contribution in [1.82, 2.24) is 4.72 Å². The predicted molar refractivity (Wildman–Crippen MR) is 110 cm³/mol. The maximum Gasteiger partial charge on any atom is 0.262 e. The van der Waals surface area contributed by atoms with Crippen LogP contribution >= 0.6 is 0 Å². The van der Waals surface area contributed by atoms with E-state index in [9.17, 15) is 13.2 Å². The number of nitrogens with one attached hydrogen (secondary N) is 2. The van der Waals surface area contributed by atoms with E-state index in [0.29, 0.717) is 42.7 Å². The lowest BCUT2D eigenvalue weighted by atomic mass is 9.86. The summed E-state index contributed by atoms with van der Waals surface area (Å²) < 4.78 is 28.0. The first-order chi connectivity index (χ1) is 13.5. The van der Waals surface area contributed by atoms with E-state index in [1.165, 1.54) is 31.7 Å². The van der Waals surface area contributed by atoms with Crippen molar-refractivity contribution in [1.29, 1.82) is 0 Å². The van der Waals surface area contributed by atoms with Crippen LogP contribution in [0.1, 0.15) is 57.8 Å². The fourth-order valence-electron chi connectivity index (χ4n) is 4.99. The predicted octanol–water partition coefficient (Wildman–Crippen LogP) is 3.70. The molecule has 2 aliphatic carbocycles. The van der Waals surface area contributed by atoms with Gasteiger partial charge in [-0.15, -0.1) is 0 Å². The summed E-state index contributed by atoms with van der Waals surface area (Å²) in [5, 5.41) is 2.89. The van der Waals surface area contributed by atoms with Crippen molar-refractivity contribution in [3.8, 4) is 0 Å². The zero-order valence-corrected chi connectivity index (χ0v) is 17.0. The van der Waals surface area contributed by atoms with Crippen LogP contribution in [-0.4, -0.2) is 26.7 Å². The van der Waals surface area contributed by atoms with E-state index in [-0.39, 0.29) is 10.8 Å². The van der Waals surface area contributed by atoms with Gasteiger partial charge in [-0.2, -0.15) is 0 Å². The van der Waals surface area contributed by atoms with Crippen LogP contribution in [0.4, 0.5) is 5.69 Å². The molecule has 0 saturated heterocycles. The summed E-state index contributed by atoms with van der Waals surface area (Å²) in [6.07, 6.45) is 9.22. The molecule has 3 atom stereocenters. The van der Waals surface area contributed by atoms with E-state index in [2.05, 4.69) is 15.0 Å². The van der Waals surface area contributed by atoms with Crippen molar-refractivity contribution in [3.63, 3.8) is 0 Å². The van der Waals surface area contributed by atoms with E-state index in [1.54, 1.807) is 18.2 Å². The average molecular weight is 404 g/mol. The number of hydrogen-bond acceptors (Lipinski definition) is 4. The van der Waals surface area contributed by atoms with Gasteiger partial charge in [0.2, 0.25) is 5.91 Å². The highest BCUT2D eigenvalue weighted by Crippen LogP contribution is 2.49. The highest BCUT2D eigenvalue weighted by atomic mass is 32.2. The number of anilines is 1. The molecule has 1 aromatic carbocycles. The highest BCUT2D eigenvalue weighted by molar-refractivity contribution is 7.90. The van der Waals surface area contributed by atoms with Crippen LogP contribution in [0.15, 0.2) is 34.2 Å². The van der Waals surface area contributed by atoms with Gasteiger partial charge in [0.15, 0.2) is 0 Å². The third kappa shape index (κ3) is 4.57. The van der Waals surface area contributed by atoms with E-state index in [4.69, 9.17) is 0 Å². The quantitative estimate of drug-likeness (QED) is 0.786. The fourth-order valence-corrected chi connectivity index (χ4v) is 6.12. The van der Waals surface area contributed by atoms with Gasteiger partial charge >= 0.3 is 0 Å². The summed E-state index contributed by atoms with van der Waals surface area (Å²) in [7, 11) is -3.70. The lowest BCUT2D eigenvalue weighted by Crippen LogP contribution is -2.30. The Hall–Kier alpha value is -1.89. The Balaban J connectivity index is 1.39. The lowest BCUT2D eigenvalue weighted by Gasteiger charge is -2.21. The number of fused-ring (bicyclic) bond motifs is 2. The number of amidine groups is 1. The van der Waals surface area contributed by atoms with E-state index in [0.717, 1.165) is 25.2 Å². The molecule has 1 aromatic rings. The van der Waals surface area contributed by atoms with Crippen LogP contribution in [0.5, 0.6) is 0 Å². The second kappa shape index (κ2) is 8.23. The molecule has 28 heavy (non-hydrogen) atoms. The monoisotopic (exact) mass is 403 g/mol. The number of benzene rings is 1. The molecule has 2 fully saturated rings. The number of sulfonamides is 1. The third-order valence-corrected chi connectivity index (χ3v) is 7.77. The van der Waals surface area contributed by atoms with E-state index in [1.807, 2.05) is 0 Å². The molecule has 7 heteroatoms. The maximum absolute atomic E-state index is 12.7. The smallest absolute Gasteiger partial charge is 0.262 e. The molecule has 3 aliphatic rings. The molecule has 0 spiro atoms. The van der Waals surface area contributed by atoms with Crippen LogP contribution in [0.25, 0.3) is 0 Å². The van der Waals surface area contributed by atoms with Crippen molar-refractivity contribution in [2.45, 2.75) is 62.7 Å². The summed E-state index contributed by atoms with van der Waals surface area (Å²) in [6.45, 7) is 0.664. The minimum atomic E-state index is -3.70. The standard InChI is InChI=1S/C21H29N3O3S/c25-21(13-17-12-15-8-9-16(17)11-15)23-18-5-4-6-19(14-18)28(26,27)24-20-7-2-1-3-10-22-20/h4-6,14-17H,1-3,7-13H2,(H,22,24)(H,23,25)/t15-,16-,17+/m1/s1. The van der Waals surface area contributed by atoms with E-state index >= 15 is 0 Å². The second-order valence-electron chi connectivity index (χ2n) is 8.46. The maximum atomic E-state index is 12.7. The van der Waals surface area contributed by atoms with Gasteiger partial charge in [0.05, 0.1) is 4.90 Å². The van der Waals surface area contributed by atoms with Gasteiger partial charge in [-0.25, -0.2) is 8.42 Å². The van der Waals surface area contributed by atoms with E-state index < -0.39 is 10.0 Å². The molecular formula is C21H29N3O3S. The number of carbonyl (C=O) groups is 1. The van der Waals surface area contributed by atoms with Gasteiger partial charge in [0.25, 0.3) is 10.0 Å². The molecule has 1 heterocycles. The number of amides is 1. The average Bonchev–Trinajstić information content (AvgIpc) is 3.18. The molecule has 0 radical (unpaired) electrons. The minimum Gasteiger partial charge on any atom is -0.326 e. The van der Waals surface area contributed by atoms with Crippen LogP contribution in [0.2, 0.25) is 0 Å². The molecule has 2 saturated carbocycles. The Kier molecular flexibility index (Phi) is 5.71. The van der Waals surface area contributed by atoms with Gasteiger partial charge in [-0.1, -0.05) is 18.9 Å². The molecule has 2 N–H and O–H groups in total. The Morgan fingerprint density at radius 2 is 2.04 bits per heavy atom. The lowest BCUT2D eigenvalue weighted by molar-refractivity contribution is -0.117. The van der Waals surface area contributed by atoms with Crippen molar-refractivity contribution in [3.05, 3.63) is 24.3 Å². The highest BCUT2D eigenvalue weighted by Gasteiger charge is 2.40. The molecular weight excluding hydrogens is 374 g/mol. The molecule has 0 unspecified atom stereocenters. The van der Waals surface area contributed by atoms with Crippen molar-refractivity contribution in [2.24, 2.45) is 22.7 Å². The number of carbonyl (C=O) groups excluding carboxylic acids is 1. The fraction of sp³-hybridized carbons (Fsp3) is 0.619. The molecule has 2 bridgehead atoms. The van der Waals surface area contributed by atoms with Crippen molar-refractivity contribution in [2.75, 3.05) is 11.9 Å². The SMILES string of the molecule is O=C(C[C@@H]1C[C@@H]2CC[C@@H]1C2)Nc1cccc(S(=O)(=O)NC2=NCCCCC2)c1. The van der Waals surface area contributed by atoms with Crippen molar-refractivity contribution >= 4 is 27.5 Å². The Morgan fingerprint density at radius 3 is 2.82 bits per heavy atom. The molecule has 0 aromatic heterocycles.